The number of likely N-dealkylation sites (tertiary alicyclic amines) is 2. The van der Waals surface area contributed by atoms with E-state index < -0.39 is 0 Å². The highest BCUT2D eigenvalue weighted by Crippen LogP contribution is 2.25. The van der Waals surface area contributed by atoms with Crippen molar-refractivity contribution >= 4 is 5.91 Å². The maximum atomic E-state index is 12.4. The molecule has 1 N–H and O–H groups in total. The van der Waals surface area contributed by atoms with Gasteiger partial charge in [-0.3, -0.25) is 19.6 Å². The van der Waals surface area contributed by atoms with E-state index in [-0.39, 0.29) is 11.8 Å². The van der Waals surface area contributed by atoms with E-state index >= 15 is 0 Å². The second-order valence-electron chi connectivity index (χ2n) is 7.81. The molecule has 3 heterocycles. The smallest absolute Gasteiger partial charge is 0.224 e. The Labute approximate surface area is 168 Å². The molecule has 0 aromatic carbocycles. The number of amides is 1. The molecule has 0 aliphatic carbocycles. The van der Waals surface area contributed by atoms with Crippen molar-refractivity contribution < 1.29 is 14.3 Å². The summed E-state index contributed by atoms with van der Waals surface area (Å²) in [6.45, 7) is 6.19. The fourth-order valence-corrected chi connectivity index (χ4v) is 4.31. The van der Waals surface area contributed by atoms with Gasteiger partial charge in [0.2, 0.25) is 5.91 Å². The van der Waals surface area contributed by atoms with Crippen LogP contribution in [0.5, 0.6) is 5.75 Å². The zero-order chi connectivity index (χ0) is 19.8. The molecule has 28 heavy (non-hydrogen) atoms. The van der Waals surface area contributed by atoms with Crippen LogP contribution >= 0.6 is 0 Å². The fourth-order valence-electron chi connectivity index (χ4n) is 4.31. The topological polar surface area (TPSA) is 66.9 Å². The lowest BCUT2D eigenvalue weighted by atomic mass is 9.93. The lowest BCUT2D eigenvalue weighted by molar-refractivity contribution is -0.127. The molecule has 2 aliphatic rings. The van der Waals surface area contributed by atoms with Gasteiger partial charge in [0.15, 0.2) is 0 Å². The Hall–Kier alpha value is -1.70. The normalized spacial score (nSPS) is 22.1. The minimum absolute atomic E-state index is 0.115. The molecule has 2 fully saturated rings. The molecule has 0 saturated carbocycles. The first-order chi connectivity index (χ1) is 13.7. The molecular formula is C21H34N4O3. The molecule has 7 nitrogen and oxygen atoms in total. The zero-order valence-electron chi connectivity index (χ0n) is 17.2. The number of methoxy groups -OCH3 is 2. The van der Waals surface area contributed by atoms with Crippen molar-refractivity contribution in [2.75, 3.05) is 53.6 Å². The number of carbonyl (C=O) groups excluding carboxylic acids is 1. The van der Waals surface area contributed by atoms with Crippen LogP contribution in [-0.2, 0) is 16.1 Å². The molecule has 2 saturated heterocycles. The van der Waals surface area contributed by atoms with Gasteiger partial charge in [-0.2, -0.15) is 0 Å². The second kappa shape index (κ2) is 10.7. The molecule has 156 valence electrons. The van der Waals surface area contributed by atoms with Gasteiger partial charge in [0, 0.05) is 58.1 Å². The Morgan fingerprint density at radius 2 is 2.07 bits per heavy atom. The second-order valence-corrected chi connectivity index (χ2v) is 7.81. The summed E-state index contributed by atoms with van der Waals surface area (Å²) in [6.07, 6.45) is 6.22. The summed E-state index contributed by atoms with van der Waals surface area (Å²) < 4.78 is 10.3. The van der Waals surface area contributed by atoms with E-state index in [0.717, 1.165) is 69.9 Å². The van der Waals surface area contributed by atoms with Gasteiger partial charge in [0.1, 0.15) is 5.75 Å². The van der Waals surface area contributed by atoms with E-state index in [1.165, 1.54) is 0 Å². The molecule has 0 bridgehead atoms. The van der Waals surface area contributed by atoms with Crippen molar-refractivity contribution in [1.82, 2.24) is 20.1 Å². The Balaban J connectivity index is 1.44. The minimum atomic E-state index is 0.115. The number of ether oxygens (including phenoxy) is 2. The number of carbonyl (C=O) groups is 1. The average molecular weight is 391 g/mol. The van der Waals surface area contributed by atoms with E-state index in [4.69, 9.17) is 9.47 Å². The molecule has 1 atom stereocenters. The third kappa shape index (κ3) is 5.90. The first kappa shape index (κ1) is 21.0. The molecule has 7 heteroatoms. The number of pyridine rings is 1. The summed E-state index contributed by atoms with van der Waals surface area (Å²) in [5.74, 6) is 1.16. The van der Waals surface area contributed by atoms with Gasteiger partial charge >= 0.3 is 0 Å². The monoisotopic (exact) mass is 390 g/mol. The Kier molecular flexibility index (Phi) is 8.06. The predicted molar refractivity (Wildman–Crippen MR) is 108 cm³/mol. The van der Waals surface area contributed by atoms with Gasteiger partial charge in [-0.25, -0.2) is 0 Å². The van der Waals surface area contributed by atoms with Crippen LogP contribution < -0.4 is 10.1 Å². The first-order valence-electron chi connectivity index (χ1n) is 10.4. The van der Waals surface area contributed by atoms with Gasteiger partial charge in [-0.15, -0.1) is 0 Å². The standard InChI is InChI=1S/C21H34N4O3/c1-27-13-9-23-21(26)17-4-3-10-25(15-17)19-6-11-24(12-7-19)16-18-14-20(28-2)5-8-22-18/h5,8,14,17,19H,3-4,6-7,9-13,15-16H2,1-2H3,(H,23,26)/t17-/m0/s1. The van der Waals surface area contributed by atoms with Gasteiger partial charge in [-0.05, 0) is 38.3 Å². The highest BCUT2D eigenvalue weighted by atomic mass is 16.5. The lowest BCUT2D eigenvalue weighted by Crippen LogP contribution is -2.50. The van der Waals surface area contributed by atoms with Crippen LogP contribution in [0.4, 0.5) is 0 Å². The molecule has 1 aromatic rings. The number of nitrogens with one attached hydrogen (secondary N) is 1. The summed E-state index contributed by atoms with van der Waals surface area (Å²) in [5, 5.41) is 3.00. The van der Waals surface area contributed by atoms with Crippen molar-refractivity contribution in [3.8, 4) is 5.75 Å². The highest BCUT2D eigenvalue weighted by Gasteiger charge is 2.31. The molecule has 1 aromatic heterocycles. The number of aromatic nitrogens is 1. The third-order valence-corrected chi connectivity index (χ3v) is 5.91. The van der Waals surface area contributed by atoms with E-state index in [2.05, 4.69) is 20.1 Å². The van der Waals surface area contributed by atoms with Gasteiger partial charge < -0.3 is 14.8 Å². The lowest BCUT2D eigenvalue weighted by Gasteiger charge is -2.42. The average Bonchev–Trinajstić information content (AvgIpc) is 2.74. The SMILES string of the molecule is COCCNC(=O)[C@H]1CCCN(C2CCN(Cc3cc(OC)ccn3)CC2)C1. The van der Waals surface area contributed by atoms with E-state index in [0.29, 0.717) is 19.2 Å². The molecule has 3 rings (SSSR count). The van der Waals surface area contributed by atoms with Crippen molar-refractivity contribution in [3.63, 3.8) is 0 Å². The quantitative estimate of drug-likeness (QED) is 0.679. The first-order valence-corrected chi connectivity index (χ1v) is 10.4. The van der Waals surface area contributed by atoms with Crippen molar-refractivity contribution in [2.45, 2.75) is 38.3 Å². The molecule has 0 radical (unpaired) electrons. The molecular weight excluding hydrogens is 356 g/mol. The minimum Gasteiger partial charge on any atom is -0.497 e. The van der Waals surface area contributed by atoms with Crippen LogP contribution in [0.2, 0.25) is 0 Å². The number of rotatable bonds is 8. The summed E-state index contributed by atoms with van der Waals surface area (Å²) >= 11 is 0. The maximum Gasteiger partial charge on any atom is 0.224 e. The predicted octanol–water partition coefficient (Wildman–Crippen LogP) is 1.53. The van der Waals surface area contributed by atoms with Crippen LogP contribution in [-0.4, -0.2) is 80.3 Å². The van der Waals surface area contributed by atoms with E-state index in [9.17, 15) is 4.79 Å². The van der Waals surface area contributed by atoms with Crippen LogP contribution in [0.3, 0.4) is 0 Å². The van der Waals surface area contributed by atoms with Crippen molar-refractivity contribution in [2.24, 2.45) is 5.92 Å². The number of nitrogens with zero attached hydrogens (tertiary/aromatic N) is 3. The third-order valence-electron chi connectivity index (χ3n) is 5.91. The summed E-state index contributed by atoms with van der Waals surface area (Å²) in [5.41, 5.74) is 1.06. The summed E-state index contributed by atoms with van der Waals surface area (Å²) in [4.78, 5) is 21.9. The Morgan fingerprint density at radius 1 is 1.25 bits per heavy atom. The van der Waals surface area contributed by atoms with E-state index in [1.807, 2.05) is 18.3 Å². The molecule has 0 spiro atoms. The highest BCUT2D eigenvalue weighted by molar-refractivity contribution is 5.78. The van der Waals surface area contributed by atoms with Gasteiger partial charge in [0.25, 0.3) is 0 Å². The Morgan fingerprint density at radius 3 is 2.82 bits per heavy atom. The zero-order valence-corrected chi connectivity index (χ0v) is 17.2. The van der Waals surface area contributed by atoms with Crippen LogP contribution in [0, 0.1) is 5.92 Å². The summed E-state index contributed by atoms with van der Waals surface area (Å²) in [6, 6.07) is 4.49. The van der Waals surface area contributed by atoms with Gasteiger partial charge in [-0.1, -0.05) is 0 Å². The van der Waals surface area contributed by atoms with Crippen LogP contribution in [0.15, 0.2) is 18.3 Å². The molecule has 0 unspecified atom stereocenters. The van der Waals surface area contributed by atoms with E-state index in [1.54, 1.807) is 14.2 Å². The molecule has 2 aliphatic heterocycles. The summed E-state index contributed by atoms with van der Waals surface area (Å²) in [7, 11) is 3.35. The van der Waals surface area contributed by atoms with Crippen molar-refractivity contribution in [1.29, 1.82) is 0 Å². The van der Waals surface area contributed by atoms with Gasteiger partial charge in [0.05, 0.1) is 25.3 Å². The fraction of sp³-hybridized carbons (Fsp3) is 0.714. The number of hydrogen-bond acceptors (Lipinski definition) is 6. The maximum absolute atomic E-state index is 12.4. The van der Waals surface area contributed by atoms with Crippen LogP contribution in [0.25, 0.3) is 0 Å². The van der Waals surface area contributed by atoms with Crippen LogP contribution in [0.1, 0.15) is 31.4 Å². The number of piperidine rings is 2. The largest absolute Gasteiger partial charge is 0.497 e. The van der Waals surface area contributed by atoms with Crippen molar-refractivity contribution in [3.05, 3.63) is 24.0 Å². The number of hydrogen-bond donors (Lipinski definition) is 1. The Bertz CT molecular complexity index is 619. The molecule has 1 amide bonds.